The van der Waals surface area contributed by atoms with Gasteiger partial charge >= 0.3 is 5.97 Å². The fourth-order valence-electron chi connectivity index (χ4n) is 2.05. The minimum absolute atomic E-state index is 0.273. The van der Waals surface area contributed by atoms with E-state index in [-0.39, 0.29) is 12.2 Å². The van der Waals surface area contributed by atoms with E-state index in [1.165, 1.54) is 20.3 Å². The van der Waals surface area contributed by atoms with Crippen molar-refractivity contribution in [2.45, 2.75) is 4.90 Å². The van der Waals surface area contributed by atoms with Gasteiger partial charge in [0.15, 0.2) is 18.1 Å². The molecular weight excluding hydrogens is 342 g/mol. The van der Waals surface area contributed by atoms with Crippen molar-refractivity contribution in [3.05, 3.63) is 48.0 Å². The van der Waals surface area contributed by atoms with Crippen molar-refractivity contribution in [2.24, 2.45) is 0 Å². The van der Waals surface area contributed by atoms with Crippen LogP contribution in [0.5, 0.6) is 11.5 Å². The molecule has 0 atom stereocenters. The van der Waals surface area contributed by atoms with Gasteiger partial charge in [-0.2, -0.15) is 0 Å². The number of thioether (sulfide) groups is 1. The van der Waals surface area contributed by atoms with E-state index in [9.17, 15) is 9.59 Å². The first-order valence-corrected chi connectivity index (χ1v) is 8.63. The zero-order valence-electron chi connectivity index (χ0n) is 14.2. The van der Waals surface area contributed by atoms with E-state index in [0.717, 1.165) is 4.90 Å². The Hall–Kier alpha value is -2.67. The molecule has 1 N–H and O–H groups in total. The Bertz CT molecular complexity index is 746. The predicted octanol–water partition coefficient (Wildman–Crippen LogP) is 3.22. The van der Waals surface area contributed by atoms with E-state index in [0.29, 0.717) is 17.2 Å². The number of anilines is 1. The molecular formula is C18H19NO5S. The monoisotopic (exact) mass is 361 g/mol. The van der Waals surface area contributed by atoms with Crippen molar-refractivity contribution in [3.63, 3.8) is 0 Å². The third kappa shape index (κ3) is 5.15. The van der Waals surface area contributed by atoms with E-state index in [4.69, 9.17) is 14.2 Å². The number of amides is 1. The molecule has 7 heteroatoms. The summed E-state index contributed by atoms with van der Waals surface area (Å²) in [4.78, 5) is 25.0. The summed E-state index contributed by atoms with van der Waals surface area (Å²) < 4.78 is 15.3. The lowest BCUT2D eigenvalue weighted by Crippen LogP contribution is -2.20. The molecule has 0 saturated carbocycles. The van der Waals surface area contributed by atoms with Crippen LogP contribution in [0.15, 0.2) is 47.4 Å². The van der Waals surface area contributed by atoms with Crippen LogP contribution >= 0.6 is 11.8 Å². The summed E-state index contributed by atoms with van der Waals surface area (Å²) in [6.07, 6.45) is 1.97. The van der Waals surface area contributed by atoms with Crippen LogP contribution in [0.4, 0.5) is 5.69 Å². The number of rotatable bonds is 7. The van der Waals surface area contributed by atoms with Crippen LogP contribution in [0.2, 0.25) is 0 Å². The van der Waals surface area contributed by atoms with Gasteiger partial charge in [0.25, 0.3) is 5.91 Å². The normalized spacial score (nSPS) is 10.0. The lowest BCUT2D eigenvalue weighted by atomic mass is 10.2. The zero-order valence-corrected chi connectivity index (χ0v) is 15.0. The minimum Gasteiger partial charge on any atom is -0.493 e. The largest absolute Gasteiger partial charge is 0.493 e. The van der Waals surface area contributed by atoms with Crippen LogP contribution in [-0.4, -0.2) is 39.0 Å². The molecule has 0 bridgehead atoms. The van der Waals surface area contributed by atoms with E-state index in [1.54, 1.807) is 36.0 Å². The van der Waals surface area contributed by atoms with E-state index in [2.05, 4.69) is 5.32 Å². The second kappa shape index (κ2) is 8.98. The molecule has 0 aliphatic carbocycles. The molecule has 6 nitrogen and oxygen atoms in total. The number of esters is 1. The molecule has 0 spiro atoms. The molecule has 0 unspecified atom stereocenters. The lowest BCUT2D eigenvalue weighted by Gasteiger charge is -2.10. The molecule has 2 aromatic carbocycles. The molecule has 1 amide bonds. The molecule has 132 valence electrons. The Morgan fingerprint density at radius 3 is 2.28 bits per heavy atom. The molecule has 25 heavy (non-hydrogen) atoms. The van der Waals surface area contributed by atoms with Gasteiger partial charge in [-0.1, -0.05) is 0 Å². The second-order valence-corrected chi connectivity index (χ2v) is 5.80. The van der Waals surface area contributed by atoms with Crippen molar-refractivity contribution in [1.82, 2.24) is 0 Å². The first kappa shape index (κ1) is 18.7. The summed E-state index contributed by atoms with van der Waals surface area (Å²) in [6.45, 7) is -0.378. The average molecular weight is 361 g/mol. The zero-order chi connectivity index (χ0) is 18.2. The van der Waals surface area contributed by atoms with Gasteiger partial charge in [0.1, 0.15) is 0 Å². The molecule has 0 heterocycles. The molecule has 0 aliphatic rings. The van der Waals surface area contributed by atoms with E-state index >= 15 is 0 Å². The van der Waals surface area contributed by atoms with Gasteiger partial charge in [0.05, 0.1) is 19.8 Å². The van der Waals surface area contributed by atoms with Crippen LogP contribution in [0.1, 0.15) is 10.4 Å². The maximum absolute atomic E-state index is 12.1. The predicted molar refractivity (Wildman–Crippen MR) is 96.7 cm³/mol. The van der Waals surface area contributed by atoms with Crippen LogP contribution < -0.4 is 14.8 Å². The van der Waals surface area contributed by atoms with Crippen LogP contribution in [0, 0.1) is 0 Å². The van der Waals surface area contributed by atoms with Crippen molar-refractivity contribution in [3.8, 4) is 11.5 Å². The maximum Gasteiger partial charge on any atom is 0.338 e. The lowest BCUT2D eigenvalue weighted by molar-refractivity contribution is -0.119. The molecule has 0 fully saturated rings. The van der Waals surface area contributed by atoms with Crippen molar-refractivity contribution < 1.29 is 23.8 Å². The SMILES string of the molecule is COc1ccc(C(=O)OCC(=O)Nc2ccc(SC)cc2)cc1OC. The second-order valence-electron chi connectivity index (χ2n) is 4.92. The van der Waals surface area contributed by atoms with Crippen molar-refractivity contribution in [1.29, 1.82) is 0 Å². The van der Waals surface area contributed by atoms with Gasteiger partial charge in [0.2, 0.25) is 0 Å². The average Bonchev–Trinajstić information content (AvgIpc) is 2.66. The van der Waals surface area contributed by atoms with Gasteiger partial charge < -0.3 is 19.5 Å². The fourth-order valence-corrected chi connectivity index (χ4v) is 2.46. The molecule has 0 aromatic heterocycles. The topological polar surface area (TPSA) is 73.9 Å². The summed E-state index contributed by atoms with van der Waals surface area (Å²) in [5.74, 6) is -0.111. The highest BCUT2D eigenvalue weighted by molar-refractivity contribution is 7.98. The van der Waals surface area contributed by atoms with Crippen molar-refractivity contribution in [2.75, 3.05) is 32.4 Å². The van der Waals surface area contributed by atoms with Gasteiger partial charge in [-0.25, -0.2) is 4.79 Å². The number of nitrogens with one attached hydrogen (secondary N) is 1. The first-order valence-electron chi connectivity index (χ1n) is 7.40. The number of carbonyl (C=O) groups excluding carboxylic acids is 2. The number of ether oxygens (including phenoxy) is 3. The standard InChI is InChI=1S/C18H19NO5S/c1-22-15-9-4-12(10-16(15)23-2)18(21)24-11-17(20)19-13-5-7-14(25-3)8-6-13/h4-10H,11H2,1-3H3,(H,19,20). The third-order valence-corrected chi connectivity index (χ3v) is 4.07. The van der Waals surface area contributed by atoms with Gasteiger partial charge in [-0.15, -0.1) is 11.8 Å². The molecule has 0 saturated heterocycles. The Morgan fingerprint density at radius 1 is 1.00 bits per heavy atom. The third-order valence-electron chi connectivity index (χ3n) is 3.33. The number of methoxy groups -OCH3 is 2. The minimum atomic E-state index is -0.617. The van der Waals surface area contributed by atoms with E-state index < -0.39 is 11.9 Å². The van der Waals surface area contributed by atoms with Gasteiger partial charge in [-0.3, -0.25) is 4.79 Å². The van der Waals surface area contributed by atoms with Crippen molar-refractivity contribution >= 4 is 29.3 Å². The Labute approximate surface area is 150 Å². The van der Waals surface area contributed by atoms with Gasteiger partial charge in [-0.05, 0) is 48.7 Å². The Morgan fingerprint density at radius 2 is 1.68 bits per heavy atom. The van der Waals surface area contributed by atoms with Crippen LogP contribution in [0.25, 0.3) is 0 Å². The fraction of sp³-hybridized carbons (Fsp3) is 0.222. The van der Waals surface area contributed by atoms with Gasteiger partial charge in [0, 0.05) is 10.6 Å². The number of hydrogen-bond donors (Lipinski definition) is 1. The number of benzene rings is 2. The smallest absolute Gasteiger partial charge is 0.338 e. The Balaban J connectivity index is 1.91. The molecule has 2 aromatic rings. The maximum atomic E-state index is 12.1. The summed E-state index contributed by atoms with van der Waals surface area (Å²) in [5.41, 5.74) is 0.916. The summed E-state index contributed by atoms with van der Waals surface area (Å²) in [5, 5.41) is 2.67. The number of carbonyl (C=O) groups is 2. The quantitative estimate of drug-likeness (QED) is 0.603. The highest BCUT2D eigenvalue weighted by Crippen LogP contribution is 2.27. The van der Waals surface area contributed by atoms with Crippen LogP contribution in [0.3, 0.4) is 0 Å². The summed E-state index contributed by atoms with van der Waals surface area (Å²) in [6, 6.07) is 12.0. The summed E-state index contributed by atoms with van der Waals surface area (Å²) >= 11 is 1.61. The van der Waals surface area contributed by atoms with Crippen LogP contribution in [-0.2, 0) is 9.53 Å². The summed E-state index contributed by atoms with van der Waals surface area (Å²) in [7, 11) is 2.98. The van der Waals surface area contributed by atoms with E-state index in [1.807, 2.05) is 18.4 Å². The molecule has 0 aliphatic heterocycles. The molecule has 2 rings (SSSR count). The highest BCUT2D eigenvalue weighted by atomic mass is 32.2. The first-order chi connectivity index (χ1) is 12.1. The highest BCUT2D eigenvalue weighted by Gasteiger charge is 2.13. The Kier molecular flexibility index (Phi) is 6.71. The molecule has 0 radical (unpaired) electrons. The number of hydrogen-bond acceptors (Lipinski definition) is 6.